The van der Waals surface area contributed by atoms with Crippen molar-refractivity contribution in [1.82, 2.24) is 20.4 Å². The molecule has 2 unspecified atom stereocenters. The fourth-order valence-electron chi connectivity index (χ4n) is 3.54. The lowest BCUT2D eigenvalue weighted by Crippen LogP contribution is -2.51. The summed E-state index contributed by atoms with van der Waals surface area (Å²) in [7, 11) is 0. The van der Waals surface area contributed by atoms with Gasteiger partial charge in [-0.1, -0.05) is 0 Å². The Hall–Kier alpha value is -0.950. The number of hydrogen-bond acceptors (Lipinski definition) is 5. The molecule has 3 rings (SSSR count). The zero-order valence-electron chi connectivity index (χ0n) is 13.7. The van der Waals surface area contributed by atoms with E-state index in [2.05, 4.69) is 34.3 Å². The number of aromatic nitrogens is 2. The lowest BCUT2D eigenvalue weighted by Gasteiger charge is -2.37. The van der Waals surface area contributed by atoms with E-state index in [4.69, 9.17) is 9.47 Å². The van der Waals surface area contributed by atoms with E-state index in [9.17, 15) is 0 Å². The third-order valence-electron chi connectivity index (χ3n) is 4.96. The fourth-order valence-corrected chi connectivity index (χ4v) is 3.54. The second-order valence-corrected chi connectivity index (χ2v) is 6.38. The maximum absolute atomic E-state index is 5.62. The highest BCUT2D eigenvalue weighted by atomic mass is 16.5. The van der Waals surface area contributed by atoms with Gasteiger partial charge in [0.25, 0.3) is 0 Å². The number of aromatic amines is 1. The largest absolute Gasteiger partial charge is 0.381 e. The molecule has 2 aliphatic heterocycles. The number of H-pyrrole nitrogens is 1. The fraction of sp³-hybridized carbons (Fsp3) is 0.812. The van der Waals surface area contributed by atoms with E-state index < -0.39 is 0 Å². The molecule has 2 saturated heterocycles. The predicted molar refractivity (Wildman–Crippen MR) is 84.9 cm³/mol. The van der Waals surface area contributed by atoms with E-state index in [1.807, 2.05) is 0 Å². The summed E-state index contributed by atoms with van der Waals surface area (Å²) in [4.78, 5) is 2.57. The van der Waals surface area contributed by atoms with Crippen molar-refractivity contribution in [1.29, 1.82) is 0 Å². The molecular formula is C16H28N4O2. The van der Waals surface area contributed by atoms with Gasteiger partial charge < -0.3 is 14.8 Å². The van der Waals surface area contributed by atoms with Crippen LogP contribution in [0.25, 0.3) is 0 Å². The van der Waals surface area contributed by atoms with Gasteiger partial charge >= 0.3 is 0 Å². The van der Waals surface area contributed by atoms with Crippen LogP contribution in [0.3, 0.4) is 0 Å². The molecule has 1 aromatic rings. The van der Waals surface area contributed by atoms with Crippen LogP contribution in [0, 0.1) is 19.8 Å². The molecule has 2 fully saturated rings. The lowest BCUT2D eigenvalue weighted by molar-refractivity contribution is 0.00137. The van der Waals surface area contributed by atoms with Crippen LogP contribution >= 0.6 is 0 Å². The molecule has 22 heavy (non-hydrogen) atoms. The molecule has 0 saturated carbocycles. The summed E-state index contributed by atoms with van der Waals surface area (Å²) >= 11 is 0. The molecule has 2 N–H and O–H groups in total. The molecule has 2 aliphatic rings. The molecule has 124 valence electrons. The summed E-state index contributed by atoms with van der Waals surface area (Å²) < 4.78 is 11.1. The second-order valence-electron chi connectivity index (χ2n) is 6.38. The van der Waals surface area contributed by atoms with Crippen molar-refractivity contribution >= 4 is 0 Å². The molecule has 0 aromatic carbocycles. The minimum absolute atomic E-state index is 0.541. The smallest absolute Gasteiger partial charge is 0.0638 e. The van der Waals surface area contributed by atoms with Crippen LogP contribution in [-0.2, 0) is 16.0 Å². The van der Waals surface area contributed by atoms with Gasteiger partial charge in [-0.3, -0.25) is 10.00 Å². The van der Waals surface area contributed by atoms with Crippen LogP contribution in [-0.4, -0.2) is 67.2 Å². The molecule has 6 nitrogen and oxygen atoms in total. The normalized spacial score (nSPS) is 24.7. The van der Waals surface area contributed by atoms with Crippen LogP contribution in [0.5, 0.6) is 0 Å². The molecule has 0 spiro atoms. The first kappa shape index (κ1) is 15.9. The number of ether oxygens (including phenoxy) is 2. The van der Waals surface area contributed by atoms with Gasteiger partial charge in [-0.05, 0) is 20.3 Å². The van der Waals surface area contributed by atoms with Crippen molar-refractivity contribution in [3.63, 3.8) is 0 Å². The summed E-state index contributed by atoms with van der Waals surface area (Å²) in [5, 5.41) is 11.0. The van der Waals surface area contributed by atoms with Gasteiger partial charge in [0.2, 0.25) is 0 Å². The molecular weight excluding hydrogens is 280 g/mol. The van der Waals surface area contributed by atoms with Gasteiger partial charge in [0.1, 0.15) is 0 Å². The number of aryl methyl sites for hydroxylation is 2. The molecule has 0 radical (unpaired) electrons. The third-order valence-corrected chi connectivity index (χ3v) is 4.96. The first-order valence-electron chi connectivity index (χ1n) is 8.36. The van der Waals surface area contributed by atoms with E-state index in [-0.39, 0.29) is 0 Å². The Bertz CT molecular complexity index is 445. The van der Waals surface area contributed by atoms with Gasteiger partial charge in [-0.25, -0.2) is 0 Å². The first-order chi connectivity index (χ1) is 10.8. The van der Waals surface area contributed by atoms with Gasteiger partial charge in [0.05, 0.1) is 25.5 Å². The summed E-state index contributed by atoms with van der Waals surface area (Å²) in [6, 6.07) is 0.541. The van der Waals surface area contributed by atoms with Gasteiger partial charge in [0.15, 0.2) is 0 Å². The van der Waals surface area contributed by atoms with Gasteiger partial charge in [-0.15, -0.1) is 0 Å². The van der Waals surface area contributed by atoms with E-state index in [1.165, 1.54) is 12.0 Å². The SMILES string of the molecule is Cc1n[nH]c(C)c1CNCC(C1CCOC1)N1CCOCC1. The van der Waals surface area contributed by atoms with Crippen LogP contribution in [0.2, 0.25) is 0 Å². The Kier molecular flexibility index (Phi) is 5.46. The quantitative estimate of drug-likeness (QED) is 0.816. The number of rotatable bonds is 6. The molecule has 3 heterocycles. The van der Waals surface area contributed by atoms with Crippen LogP contribution < -0.4 is 5.32 Å². The maximum atomic E-state index is 5.62. The molecule has 2 atom stereocenters. The van der Waals surface area contributed by atoms with Gasteiger partial charge in [-0.2, -0.15) is 5.10 Å². The van der Waals surface area contributed by atoms with Crippen molar-refractivity contribution in [3.8, 4) is 0 Å². The summed E-state index contributed by atoms with van der Waals surface area (Å²) in [5.41, 5.74) is 3.55. The number of nitrogens with one attached hydrogen (secondary N) is 2. The zero-order chi connectivity index (χ0) is 15.4. The first-order valence-corrected chi connectivity index (χ1v) is 8.36. The van der Waals surface area contributed by atoms with Crippen molar-refractivity contribution in [3.05, 3.63) is 17.0 Å². The minimum Gasteiger partial charge on any atom is -0.381 e. The lowest BCUT2D eigenvalue weighted by atomic mass is 9.96. The molecule has 0 amide bonds. The zero-order valence-corrected chi connectivity index (χ0v) is 13.7. The highest BCUT2D eigenvalue weighted by Crippen LogP contribution is 2.22. The molecule has 0 bridgehead atoms. The van der Waals surface area contributed by atoms with Crippen molar-refractivity contribution in [2.45, 2.75) is 32.9 Å². The van der Waals surface area contributed by atoms with Crippen molar-refractivity contribution in [2.75, 3.05) is 46.1 Å². The van der Waals surface area contributed by atoms with Crippen molar-refractivity contribution in [2.24, 2.45) is 5.92 Å². The van der Waals surface area contributed by atoms with E-state index in [1.54, 1.807) is 0 Å². The predicted octanol–water partition coefficient (Wildman–Crippen LogP) is 0.853. The Morgan fingerprint density at radius 2 is 2.09 bits per heavy atom. The Morgan fingerprint density at radius 3 is 2.73 bits per heavy atom. The minimum atomic E-state index is 0.541. The van der Waals surface area contributed by atoms with E-state index in [0.717, 1.165) is 64.0 Å². The van der Waals surface area contributed by atoms with Crippen LogP contribution in [0.4, 0.5) is 0 Å². The highest BCUT2D eigenvalue weighted by molar-refractivity contribution is 5.22. The Morgan fingerprint density at radius 1 is 1.27 bits per heavy atom. The van der Waals surface area contributed by atoms with Crippen molar-refractivity contribution < 1.29 is 9.47 Å². The Balaban J connectivity index is 1.57. The number of morpholine rings is 1. The number of hydrogen-bond donors (Lipinski definition) is 2. The summed E-state index contributed by atoms with van der Waals surface area (Å²) in [6.45, 7) is 11.6. The monoisotopic (exact) mass is 308 g/mol. The molecule has 6 heteroatoms. The van der Waals surface area contributed by atoms with Crippen LogP contribution in [0.1, 0.15) is 23.4 Å². The number of nitrogens with zero attached hydrogens (tertiary/aromatic N) is 2. The highest BCUT2D eigenvalue weighted by Gasteiger charge is 2.31. The molecule has 1 aromatic heterocycles. The molecule has 0 aliphatic carbocycles. The van der Waals surface area contributed by atoms with Crippen LogP contribution in [0.15, 0.2) is 0 Å². The second kappa shape index (κ2) is 7.55. The van der Waals surface area contributed by atoms with Gasteiger partial charge in [0, 0.05) is 56.0 Å². The average Bonchev–Trinajstić information content (AvgIpc) is 3.17. The van der Waals surface area contributed by atoms with E-state index >= 15 is 0 Å². The average molecular weight is 308 g/mol. The summed E-state index contributed by atoms with van der Waals surface area (Å²) in [6.07, 6.45) is 1.17. The third kappa shape index (κ3) is 3.68. The Labute approximate surface area is 132 Å². The summed E-state index contributed by atoms with van der Waals surface area (Å²) in [5.74, 6) is 0.636. The maximum Gasteiger partial charge on any atom is 0.0638 e. The topological polar surface area (TPSA) is 62.4 Å². The van der Waals surface area contributed by atoms with E-state index in [0.29, 0.717) is 12.0 Å². The standard InChI is InChI=1S/C16H28N4O2/c1-12-15(13(2)19-18-12)9-17-10-16(14-3-6-22-11-14)20-4-7-21-8-5-20/h14,16-17H,3-11H2,1-2H3,(H,18,19).